The molecule has 1 fully saturated rings. The Bertz CT molecular complexity index is 1290. The Hall–Kier alpha value is -3.87. The van der Waals surface area contributed by atoms with Crippen molar-refractivity contribution in [1.29, 1.82) is 0 Å². The predicted octanol–water partition coefficient (Wildman–Crippen LogP) is 4.90. The van der Waals surface area contributed by atoms with Gasteiger partial charge in [-0.05, 0) is 42.3 Å². The highest BCUT2D eigenvalue weighted by molar-refractivity contribution is 5.92. The fraction of sp³-hybridized carbons (Fsp3) is 0.286. The predicted molar refractivity (Wildman–Crippen MR) is 137 cm³/mol. The average molecular weight is 473 g/mol. The topological polar surface area (TPSA) is 50.7 Å². The number of halogens is 1. The molecule has 1 aliphatic heterocycles. The summed E-state index contributed by atoms with van der Waals surface area (Å²) >= 11 is 0. The van der Waals surface area contributed by atoms with Crippen LogP contribution >= 0.6 is 0 Å². The molecule has 0 spiro atoms. The average Bonchev–Trinajstić information content (AvgIpc) is 2.91. The normalized spacial score (nSPS) is 13.8. The molecule has 2 heterocycles. The number of rotatable bonds is 7. The van der Waals surface area contributed by atoms with Gasteiger partial charge < -0.3 is 19.3 Å². The van der Waals surface area contributed by atoms with E-state index in [1.165, 1.54) is 17.7 Å². The summed E-state index contributed by atoms with van der Waals surface area (Å²) in [4.78, 5) is 14.5. The van der Waals surface area contributed by atoms with Crippen LogP contribution in [0, 0.1) is 5.82 Å². The smallest absolute Gasteiger partial charge is 0.162 e. The van der Waals surface area contributed by atoms with E-state index in [1.54, 1.807) is 14.2 Å². The number of hydrogen-bond acceptors (Lipinski definition) is 6. The second kappa shape index (κ2) is 10.2. The molecule has 180 valence electrons. The molecule has 0 saturated carbocycles. The molecule has 0 atom stereocenters. The summed E-state index contributed by atoms with van der Waals surface area (Å²) < 4.78 is 24.5. The summed E-state index contributed by atoms with van der Waals surface area (Å²) in [6.45, 7) is 3.25. The number of nitrogens with zero attached hydrogens (tertiary/aromatic N) is 4. The van der Waals surface area contributed by atoms with E-state index in [4.69, 9.17) is 19.4 Å². The molecular weight excluding hydrogens is 443 g/mol. The van der Waals surface area contributed by atoms with Gasteiger partial charge in [-0.1, -0.05) is 30.3 Å². The number of benzene rings is 3. The second-order valence-electron chi connectivity index (χ2n) is 8.62. The van der Waals surface area contributed by atoms with Gasteiger partial charge in [0.25, 0.3) is 0 Å². The quantitative estimate of drug-likeness (QED) is 0.382. The van der Waals surface area contributed by atoms with Gasteiger partial charge in [0.05, 0.1) is 19.7 Å². The Balaban J connectivity index is 1.45. The first kappa shape index (κ1) is 22.9. The molecule has 6 nitrogen and oxygen atoms in total. The van der Waals surface area contributed by atoms with Crippen LogP contribution in [0.1, 0.15) is 11.4 Å². The van der Waals surface area contributed by atoms with Gasteiger partial charge in [0.1, 0.15) is 17.5 Å². The number of anilines is 2. The minimum Gasteiger partial charge on any atom is -0.493 e. The van der Waals surface area contributed by atoms with E-state index in [1.807, 2.05) is 30.3 Å². The molecule has 0 unspecified atom stereocenters. The highest BCUT2D eigenvalue weighted by Gasteiger charge is 2.22. The van der Waals surface area contributed by atoms with E-state index in [0.717, 1.165) is 67.3 Å². The first-order valence-electron chi connectivity index (χ1n) is 11.9. The Morgan fingerprint density at radius 1 is 0.771 bits per heavy atom. The molecule has 1 aromatic heterocycles. The number of aryl methyl sites for hydroxylation is 2. The van der Waals surface area contributed by atoms with Crippen LogP contribution in [0.5, 0.6) is 11.5 Å². The molecule has 3 aromatic carbocycles. The highest BCUT2D eigenvalue weighted by atomic mass is 19.1. The van der Waals surface area contributed by atoms with Crippen LogP contribution in [0.2, 0.25) is 0 Å². The van der Waals surface area contributed by atoms with Gasteiger partial charge in [0, 0.05) is 49.7 Å². The molecule has 0 aliphatic carbocycles. The minimum atomic E-state index is -0.216. The van der Waals surface area contributed by atoms with Crippen LogP contribution in [0.4, 0.5) is 15.9 Å². The van der Waals surface area contributed by atoms with Crippen molar-refractivity contribution in [2.75, 3.05) is 50.2 Å². The van der Waals surface area contributed by atoms with E-state index in [0.29, 0.717) is 11.5 Å². The summed E-state index contributed by atoms with van der Waals surface area (Å²) in [6, 6.07) is 21.0. The molecule has 7 heteroatoms. The van der Waals surface area contributed by atoms with Crippen molar-refractivity contribution in [3.63, 3.8) is 0 Å². The third kappa shape index (κ3) is 4.99. The Labute approximate surface area is 204 Å². The molecule has 0 amide bonds. The molecule has 0 radical (unpaired) electrons. The summed E-state index contributed by atoms with van der Waals surface area (Å²) in [5.41, 5.74) is 3.14. The lowest BCUT2D eigenvalue weighted by atomic mass is 10.1. The Morgan fingerprint density at radius 3 is 2.11 bits per heavy atom. The van der Waals surface area contributed by atoms with Gasteiger partial charge in [0.15, 0.2) is 11.5 Å². The minimum absolute atomic E-state index is 0.216. The molecule has 5 rings (SSSR count). The molecule has 35 heavy (non-hydrogen) atoms. The van der Waals surface area contributed by atoms with Crippen molar-refractivity contribution in [3.8, 4) is 11.5 Å². The molecule has 1 saturated heterocycles. The van der Waals surface area contributed by atoms with Crippen LogP contribution in [0.3, 0.4) is 0 Å². The number of methoxy groups -OCH3 is 2. The third-order valence-corrected chi connectivity index (χ3v) is 6.48. The lowest BCUT2D eigenvalue weighted by molar-refractivity contribution is 0.355. The first-order chi connectivity index (χ1) is 17.1. The molecule has 1 aliphatic rings. The maximum absolute atomic E-state index is 13.4. The van der Waals surface area contributed by atoms with Gasteiger partial charge in [-0.2, -0.15) is 0 Å². The summed E-state index contributed by atoms with van der Waals surface area (Å²) in [5.74, 6) is 2.82. The third-order valence-electron chi connectivity index (χ3n) is 6.48. The van der Waals surface area contributed by atoms with Gasteiger partial charge in [-0.15, -0.1) is 0 Å². The number of ether oxygens (including phenoxy) is 2. The molecule has 0 bridgehead atoms. The number of fused-ring (bicyclic) bond motifs is 1. The van der Waals surface area contributed by atoms with Crippen LogP contribution in [-0.4, -0.2) is 50.4 Å². The largest absolute Gasteiger partial charge is 0.493 e. The molecule has 4 aromatic rings. The van der Waals surface area contributed by atoms with Crippen molar-refractivity contribution in [1.82, 2.24) is 9.97 Å². The lowest BCUT2D eigenvalue weighted by Crippen LogP contribution is -2.47. The maximum Gasteiger partial charge on any atom is 0.162 e. The van der Waals surface area contributed by atoms with Crippen LogP contribution in [0.15, 0.2) is 66.7 Å². The van der Waals surface area contributed by atoms with Gasteiger partial charge in [0.2, 0.25) is 0 Å². The lowest BCUT2D eigenvalue weighted by Gasteiger charge is -2.37. The fourth-order valence-electron chi connectivity index (χ4n) is 4.57. The standard InChI is InChI=1S/C28H29FN4O2/c1-34-25-18-23-24(19-26(25)35-2)30-27(13-8-20-6-4-3-5-7-20)31-28(23)33-16-14-32(15-17-33)22-11-9-21(29)10-12-22/h3-7,9-12,18-19H,8,13-17H2,1-2H3. The van der Waals surface area contributed by atoms with Crippen molar-refractivity contribution < 1.29 is 13.9 Å². The van der Waals surface area contributed by atoms with E-state index in [9.17, 15) is 4.39 Å². The van der Waals surface area contributed by atoms with Gasteiger partial charge in [-0.25, -0.2) is 14.4 Å². The van der Waals surface area contributed by atoms with Crippen molar-refractivity contribution in [2.24, 2.45) is 0 Å². The summed E-state index contributed by atoms with van der Waals surface area (Å²) in [6.07, 6.45) is 1.62. The number of piperazine rings is 1. The number of aromatic nitrogens is 2. The van der Waals surface area contributed by atoms with Gasteiger partial charge in [-0.3, -0.25) is 0 Å². The molecule has 0 N–H and O–H groups in total. The van der Waals surface area contributed by atoms with E-state index >= 15 is 0 Å². The Morgan fingerprint density at radius 2 is 1.43 bits per heavy atom. The summed E-state index contributed by atoms with van der Waals surface area (Å²) in [7, 11) is 3.27. The second-order valence-corrected chi connectivity index (χ2v) is 8.62. The Kier molecular flexibility index (Phi) is 6.66. The van der Waals surface area contributed by atoms with E-state index < -0.39 is 0 Å². The number of hydrogen-bond donors (Lipinski definition) is 0. The van der Waals surface area contributed by atoms with Crippen molar-refractivity contribution >= 4 is 22.4 Å². The van der Waals surface area contributed by atoms with Crippen LogP contribution in [-0.2, 0) is 12.8 Å². The SMILES string of the molecule is COc1cc2nc(CCc3ccccc3)nc(N3CCN(c4ccc(F)cc4)CC3)c2cc1OC. The van der Waals surface area contributed by atoms with Crippen molar-refractivity contribution in [2.45, 2.75) is 12.8 Å². The maximum atomic E-state index is 13.4. The zero-order valence-corrected chi connectivity index (χ0v) is 20.1. The zero-order chi connectivity index (χ0) is 24.2. The zero-order valence-electron chi connectivity index (χ0n) is 20.1. The monoisotopic (exact) mass is 472 g/mol. The van der Waals surface area contributed by atoms with Gasteiger partial charge >= 0.3 is 0 Å². The fourth-order valence-corrected chi connectivity index (χ4v) is 4.57. The summed E-state index contributed by atoms with van der Waals surface area (Å²) in [5, 5.41) is 0.946. The van der Waals surface area contributed by atoms with E-state index in [2.05, 4.69) is 34.1 Å². The highest BCUT2D eigenvalue weighted by Crippen LogP contribution is 2.36. The van der Waals surface area contributed by atoms with Crippen molar-refractivity contribution in [3.05, 3.63) is 83.9 Å². The van der Waals surface area contributed by atoms with E-state index in [-0.39, 0.29) is 5.82 Å². The van der Waals surface area contributed by atoms with Crippen LogP contribution in [0.25, 0.3) is 10.9 Å². The molecular formula is C28H29FN4O2. The first-order valence-corrected chi connectivity index (χ1v) is 11.9. The van der Waals surface area contributed by atoms with Crippen LogP contribution < -0.4 is 19.3 Å².